The van der Waals surface area contributed by atoms with E-state index >= 15 is 0 Å². The Kier molecular flexibility index (Phi) is 6.98. The molecule has 5 heteroatoms. The van der Waals surface area contributed by atoms with E-state index in [4.69, 9.17) is 9.47 Å². The summed E-state index contributed by atoms with van der Waals surface area (Å²) in [5.41, 5.74) is 3.04. The Morgan fingerprint density at radius 3 is 1.96 bits per heavy atom. The van der Waals surface area contributed by atoms with Gasteiger partial charge in [-0.1, -0.05) is 60.7 Å². The lowest BCUT2D eigenvalue weighted by Gasteiger charge is -2.18. The average Bonchev–Trinajstić information content (AvgIpc) is 2.75. The van der Waals surface area contributed by atoms with Crippen molar-refractivity contribution in [3.63, 3.8) is 0 Å². The lowest BCUT2D eigenvalue weighted by atomic mass is 10.0. The van der Waals surface area contributed by atoms with Gasteiger partial charge in [-0.25, -0.2) is 0 Å². The number of hydrogen-bond acceptors (Lipinski definition) is 4. The number of anilines is 1. The maximum atomic E-state index is 12.5. The van der Waals surface area contributed by atoms with Crippen molar-refractivity contribution in [2.75, 3.05) is 25.3 Å². The zero-order chi connectivity index (χ0) is 19.8. The molecule has 0 aliphatic heterocycles. The van der Waals surface area contributed by atoms with Gasteiger partial charge in [0, 0.05) is 11.8 Å². The van der Waals surface area contributed by atoms with Crippen LogP contribution < -0.4 is 14.8 Å². The molecule has 0 saturated heterocycles. The molecule has 3 aromatic rings. The van der Waals surface area contributed by atoms with Crippen LogP contribution in [0.4, 0.5) is 5.69 Å². The molecular weight excluding hydrogens is 370 g/mol. The number of carbonyl (C=O) groups excluding carboxylic acids is 1. The van der Waals surface area contributed by atoms with Gasteiger partial charge in [0.05, 0.1) is 25.2 Å². The van der Waals surface area contributed by atoms with E-state index in [9.17, 15) is 4.79 Å². The Hall–Kier alpha value is -2.92. The maximum Gasteiger partial charge on any atom is 0.234 e. The average molecular weight is 394 g/mol. The molecular formula is C23H23NO3S. The third-order valence-corrected chi connectivity index (χ3v) is 5.56. The standard InChI is InChI=1S/C23H23NO3S/c1-26-20-14-13-19(15-21(20)27-2)24-22(25)16-28-23(17-9-5-3-6-10-17)18-11-7-4-8-12-18/h3-15,23H,16H2,1-2H3,(H,24,25). The molecule has 1 N–H and O–H groups in total. The lowest BCUT2D eigenvalue weighted by molar-refractivity contribution is -0.113. The summed E-state index contributed by atoms with van der Waals surface area (Å²) in [5, 5.41) is 3.03. The minimum Gasteiger partial charge on any atom is -0.493 e. The molecule has 0 atom stereocenters. The predicted octanol–water partition coefficient (Wildman–Crippen LogP) is 5.17. The molecule has 0 heterocycles. The highest BCUT2D eigenvalue weighted by atomic mass is 32.2. The number of thioether (sulfide) groups is 1. The minimum absolute atomic E-state index is 0.0610. The normalized spacial score (nSPS) is 10.5. The topological polar surface area (TPSA) is 47.6 Å². The van der Waals surface area contributed by atoms with Crippen LogP contribution in [-0.2, 0) is 4.79 Å². The molecule has 1 amide bonds. The van der Waals surface area contributed by atoms with Gasteiger partial charge in [-0.15, -0.1) is 11.8 Å². The number of hydrogen-bond donors (Lipinski definition) is 1. The van der Waals surface area contributed by atoms with Crippen LogP contribution in [0.25, 0.3) is 0 Å². The zero-order valence-corrected chi connectivity index (χ0v) is 16.7. The van der Waals surface area contributed by atoms with Crippen molar-refractivity contribution in [1.82, 2.24) is 0 Å². The van der Waals surface area contributed by atoms with Gasteiger partial charge >= 0.3 is 0 Å². The Bertz CT molecular complexity index is 861. The van der Waals surface area contributed by atoms with Gasteiger partial charge in [-0.3, -0.25) is 4.79 Å². The van der Waals surface area contributed by atoms with Crippen molar-refractivity contribution >= 4 is 23.4 Å². The zero-order valence-electron chi connectivity index (χ0n) is 15.9. The molecule has 28 heavy (non-hydrogen) atoms. The molecule has 3 aromatic carbocycles. The van der Waals surface area contributed by atoms with Gasteiger partial charge in [0.1, 0.15) is 0 Å². The van der Waals surface area contributed by atoms with E-state index in [1.165, 1.54) is 11.1 Å². The molecule has 3 rings (SSSR count). The van der Waals surface area contributed by atoms with Crippen molar-refractivity contribution in [2.24, 2.45) is 0 Å². The summed E-state index contributed by atoms with van der Waals surface area (Å²) in [6, 6.07) is 25.8. The van der Waals surface area contributed by atoms with Gasteiger partial charge < -0.3 is 14.8 Å². The first kappa shape index (κ1) is 19.8. The van der Waals surface area contributed by atoms with Crippen LogP contribution in [0.15, 0.2) is 78.9 Å². The van der Waals surface area contributed by atoms with E-state index in [1.54, 1.807) is 44.2 Å². The number of nitrogens with one attached hydrogen (secondary N) is 1. The first-order valence-corrected chi connectivity index (χ1v) is 9.99. The van der Waals surface area contributed by atoms with Crippen LogP contribution in [0.5, 0.6) is 11.5 Å². The Morgan fingerprint density at radius 2 is 1.43 bits per heavy atom. The highest BCUT2D eigenvalue weighted by Crippen LogP contribution is 2.35. The Balaban J connectivity index is 1.69. The second kappa shape index (κ2) is 9.85. The smallest absolute Gasteiger partial charge is 0.234 e. The van der Waals surface area contributed by atoms with Crippen molar-refractivity contribution in [3.8, 4) is 11.5 Å². The summed E-state index contributed by atoms with van der Waals surface area (Å²) >= 11 is 1.60. The fraction of sp³-hybridized carbons (Fsp3) is 0.174. The van der Waals surface area contributed by atoms with Crippen molar-refractivity contribution < 1.29 is 14.3 Å². The van der Waals surface area contributed by atoms with E-state index < -0.39 is 0 Å². The number of benzene rings is 3. The predicted molar refractivity (Wildman–Crippen MR) is 115 cm³/mol. The monoisotopic (exact) mass is 393 g/mol. The molecule has 0 bridgehead atoms. The van der Waals surface area contributed by atoms with Crippen LogP contribution in [0.3, 0.4) is 0 Å². The molecule has 0 saturated carbocycles. The lowest BCUT2D eigenvalue weighted by Crippen LogP contribution is -2.15. The van der Waals surface area contributed by atoms with Crippen molar-refractivity contribution in [1.29, 1.82) is 0 Å². The number of methoxy groups -OCH3 is 2. The van der Waals surface area contributed by atoms with Crippen LogP contribution in [0, 0.1) is 0 Å². The molecule has 0 unspecified atom stereocenters. The van der Waals surface area contributed by atoms with Crippen LogP contribution in [-0.4, -0.2) is 25.9 Å². The summed E-state index contributed by atoms with van der Waals surface area (Å²) in [6.07, 6.45) is 0. The second-order valence-electron chi connectivity index (χ2n) is 6.13. The van der Waals surface area contributed by atoms with E-state index in [-0.39, 0.29) is 11.2 Å². The van der Waals surface area contributed by atoms with Crippen LogP contribution in [0.2, 0.25) is 0 Å². The second-order valence-corrected chi connectivity index (χ2v) is 7.22. The highest BCUT2D eigenvalue weighted by molar-refractivity contribution is 8.00. The van der Waals surface area contributed by atoms with Gasteiger partial charge in [0.2, 0.25) is 5.91 Å². The summed E-state index contributed by atoms with van der Waals surface area (Å²) in [6.45, 7) is 0. The summed E-state index contributed by atoms with van der Waals surface area (Å²) < 4.78 is 10.5. The molecule has 0 spiro atoms. The van der Waals surface area contributed by atoms with E-state index in [1.807, 2.05) is 36.4 Å². The third kappa shape index (κ3) is 5.08. The summed E-state index contributed by atoms with van der Waals surface area (Å²) in [5.74, 6) is 1.49. The van der Waals surface area contributed by atoms with Gasteiger partial charge in [-0.05, 0) is 23.3 Å². The largest absolute Gasteiger partial charge is 0.493 e. The maximum absolute atomic E-state index is 12.5. The molecule has 0 aliphatic rings. The SMILES string of the molecule is COc1ccc(NC(=O)CSC(c2ccccc2)c2ccccc2)cc1OC. The molecule has 144 valence electrons. The number of ether oxygens (including phenoxy) is 2. The quantitative estimate of drug-likeness (QED) is 0.574. The molecule has 4 nitrogen and oxygen atoms in total. The number of rotatable bonds is 8. The van der Waals surface area contributed by atoms with Crippen molar-refractivity contribution in [3.05, 3.63) is 90.0 Å². The fourth-order valence-electron chi connectivity index (χ4n) is 2.91. The molecule has 0 aromatic heterocycles. The third-order valence-electron chi connectivity index (χ3n) is 4.25. The Morgan fingerprint density at radius 1 is 0.857 bits per heavy atom. The van der Waals surface area contributed by atoms with Crippen LogP contribution >= 0.6 is 11.8 Å². The van der Waals surface area contributed by atoms with E-state index in [0.717, 1.165) is 0 Å². The number of amides is 1. The Labute approximate surface area is 169 Å². The summed E-state index contributed by atoms with van der Waals surface area (Å²) in [4.78, 5) is 12.5. The van der Waals surface area contributed by atoms with Crippen LogP contribution in [0.1, 0.15) is 16.4 Å². The molecule has 0 fully saturated rings. The first-order valence-electron chi connectivity index (χ1n) is 8.94. The first-order chi connectivity index (χ1) is 13.7. The fourth-order valence-corrected chi connectivity index (χ4v) is 4.00. The molecule has 0 aliphatic carbocycles. The van der Waals surface area contributed by atoms with E-state index in [0.29, 0.717) is 22.9 Å². The highest BCUT2D eigenvalue weighted by Gasteiger charge is 2.16. The number of carbonyl (C=O) groups is 1. The van der Waals surface area contributed by atoms with Gasteiger partial charge in [0.25, 0.3) is 0 Å². The molecule has 0 radical (unpaired) electrons. The minimum atomic E-state index is -0.0610. The van der Waals surface area contributed by atoms with Gasteiger partial charge in [0.15, 0.2) is 11.5 Å². The van der Waals surface area contributed by atoms with E-state index in [2.05, 4.69) is 29.6 Å². The van der Waals surface area contributed by atoms with Gasteiger partial charge in [-0.2, -0.15) is 0 Å². The summed E-state index contributed by atoms with van der Waals surface area (Å²) in [7, 11) is 3.16. The van der Waals surface area contributed by atoms with Crippen molar-refractivity contribution in [2.45, 2.75) is 5.25 Å².